The second kappa shape index (κ2) is 9.92. The highest BCUT2D eigenvalue weighted by molar-refractivity contribution is 8.14. The molecular weight excluding hydrogens is 458 g/mol. The first kappa shape index (κ1) is 23.4. The van der Waals surface area contributed by atoms with Gasteiger partial charge < -0.3 is 19.5 Å². The Bertz CT molecular complexity index is 1110. The Hall–Kier alpha value is -3.24. The van der Waals surface area contributed by atoms with Gasteiger partial charge in [-0.1, -0.05) is 29.4 Å². The third-order valence-electron chi connectivity index (χ3n) is 4.29. The fraction of sp³-hybridized carbons (Fsp3) is 0.238. The van der Waals surface area contributed by atoms with Gasteiger partial charge in [0.2, 0.25) is 11.8 Å². The number of halogens is 1. The molecule has 2 aromatic carbocycles. The highest BCUT2D eigenvalue weighted by atomic mass is 35.5. The van der Waals surface area contributed by atoms with Gasteiger partial charge in [-0.05, 0) is 35.9 Å². The molecule has 32 heavy (non-hydrogen) atoms. The molecule has 0 bridgehead atoms. The van der Waals surface area contributed by atoms with E-state index in [2.05, 4.69) is 10.4 Å². The first-order chi connectivity index (χ1) is 15.2. The zero-order valence-electron chi connectivity index (χ0n) is 17.7. The number of carbonyl (C=O) groups is 3. The van der Waals surface area contributed by atoms with Crippen LogP contribution in [0.15, 0.2) is 41.5 Å². The predicted molar refractivity (Wildman–Crippen MR) is 120 cm³/mol. The fourth-order valence-electron chi connectivity index (χ4n) is 2.86. The van der Waals surface area contributed by atoms with E-state index in [4.69, 9.17) is 25.8 Å². The Balaban J connectivity index is 1.90. The maximum absolute atomic E-state index is 12.6. The van der Waals surface area contributed by atoms with Gasteiger partial charge >= 0.3 is 5.97 Å². The minimum atomic E-state index is -0.645. The second-order valence-electron chi connectivity index (χ2n) is 6.58. The quantitative estimate of drug-likeness (QED) is 0.518. The lowest BCUT2D eigenvalue weighted by molar-refractivity contribution is -0.129. The van der Waals surface area contributed by atoms with Crippen molar-refractivity contribution >= 4 is 46.3 Å². The van der Waals surface area contributed by atoms with Crippen molar-refractivity contribution in [2.75, 3.05) is 14.2 Å². The van der Waals surface area contributed by atoms with Crippen LogP contribution in [0.3, 0.4) is 0 Å². The van der Waals surface area contributed by atoms with E-state index in [1.165, 1.54) is 39.1 Å². The molecule has 1 heterocycles. The lowest BCUT2D eigenvalue weighted by Gasteiger charge is -2.21. The summed E-state index contributed by atoms with van der Waals surface area (Å²) in [6.45, 7) is 2.71. The van der Waals surface area contributed by atoms with Gasteiger partial charge in [0.05, 0.1) is 24.8 Å². The minimum Gasteiger partial charge on any atom is -0.497 e. The van der Waals surface area contributed by atoms with Crippen molar-refractivity contribution in [2.45, 2.75) is 19.2 Å². The van der Waals surface area contributed by atoms with Crippen LogP contribution in [-0.4, -0.2) is 42.2 Å². The summed E-state index contributed by atoms with van der Waals surface area (Å²) >= 11 is 7.59. The molecule has 0 saturated heterocycles. The van der Waals surface area contributed by atoms with Gasteiger partial charge in [-0.25, -0.2) is 9.80 Å². The average Bonchev–Trinajstić information content (AvgIpc) is 3.18. The predicted octanol–water partition coefficient (Wildman–Crippen LogP) is 3.58. The van der Waals surface area contributed by atoms with E-state index in [-0.39, 0.29) is 39.1 Å². The molecule has 168 valence electrons. The molecule has 9 nitrogen and oxygen atoms in total. The maximum Gasteiger partial charge on any atom is 0.343 e. The van der Waals surface area contributed by atoms with Crippen molar-refractivity contribution in [3.8, 4) is 17.2 Å². The topological polar surface area (TPSA) is 107 Å². The molecule has 11 heteroatoms. The molecule has 1 unspecified atom stereocenters. The number of hydrazone groups is 1. The Labute approximate surface area is 193 Å². The number of nitrogens with one attached hydrogen (secondary N) is 1. The Morgan fingerprint density at radius 1 is 1.12 bits per heavy atom. The molecule has 1 aliphatic heterocycles. The number of hydrogen-bond donors (Lipinski definition) is 1. The third-order valence-corrected chi connectivity index (χ3v) is 5.67. The SMILES string of the molecule is COc1cccc(C(=O)Oc2c(Cl)cc(C3SC(NC(C)=O)=NN3C(C)=O)cc2OC)c1. The molecule has 2 amide bonds. The highest BCUT2D eigenvalue weighted by Crippen LogP contribution is 2.44. The maximum atomic E-state index is 12.6. The van der Waals surface area contributed by atoms with E-state index >= 15 is 0 Å². The number of nitrogens with zero attached hydrogens (tertiary/aromatic N) is 2. The number of carbonyl (C=O) groups excluding carboxylic acids is 3. The molecule has 1 atom stereocenters. The van der Waals surface area contributed by atoms with Crippen LogP contribution in [-0.2, 0) is 9.59 Å². The first-order valence-corrected chi connectivity index (χ1v) is 10.6. The molecule has 0 spiro atoms. The Morgan fingerprint density at radius 3 is 2.50 bits per heavy atom. The van der Waals surface area contributed by atoms with E-state index < -0.39 is 11.3 Å². The van der Waals surface area contributed by atoms with Crippen LogP contribution < -0.4 is 19.5 Å². The van der Waals surface area contributed by atoms with Crippen molar-refractivity contribution in [2.24, 2.45) is 5.10 Å². The molecule has 0 aliphatic carbocycles. The summed E-state index contributed by atoms with van der Waals surface area (Å²) in [5.74, 6) is -0.548. The molecule has 0 radical (unpaired) electrons. The van der Waals surface area contributed by atoms with Gasteiger partial charge in [0, 0.05) is 13.8 Å². The number of thioether (sulfide) groups is 1. The van der Waals surface area contributed by atoms with Crippen LogP contribution in [0, 0.1) is 0 Å². The number of hydrogen-bond acceptors (Lipinski definition) is 8. The van der Waals surface area contributed by atoms with Crippen LogP contribution in [0.25, 0.3) is 0 Å². The monoisotopic (exact) mass is 477 g/mol. The Kier molecular flexibility index (Phi) is 7.26. The summed E-state index contributed by atoms with van der Waals surface area (Å²) < 4.78 is 16.0. The summed E-state index contributed by atoms with van der Waals surface area (Å²) in [4.78, 5) is 36.1. The zero-order valence-corrected chi connectivity index (χ0v) is 19.2. The molecule has 1 N–H and O–H groups in total. The normalized spacial score (nSPS) is 15.1. The van der Waals surface area contributed by atoms with Crippen molar-refractivity contribution in [1.82, 2.24) is 10.3 Å². The largest absolute Gasteiger partial charge is 0.497 e. The van der Waals surface area contributed by atoms with Crippen molar-refractivity contribution in [3.63, 3.8) is 0 Å². The van der Waals surface area contributed by atoms with Crippen molar-refractivity contribution < 1.29 is 28.6 Å². The van der Waals surface area contributed by atoms with E-state index in [9.17, 15) is 14.4 Å². The summed E-state index contributed by atoms with van der Waals surface area (Å²) in [6.07, 6.45) is 0. The number of amides is 2. The highest BCUT2D eigenvalue weighted by Gasteiger charge is 2.33. The molecule has 1 aliphatic rings. The molecule has 0 saturated carbocycles. The number of benzene rings is 2. The molecular formula is C21H20ClN3O6S. The number of ether oxygens (including phenoxy) is 3. The summed E-state index contributed by atoms with van der Waals surface area (Å²) in [7, 11) is 2.90. The van der Waals surface area contributed by atoms with Crippen molar-refractivity contribution in [3.05, 3.63) is 52.5 Å². The Morgan fingerprint density at radius 2 is 1.88 bits per heavy atom. The van der Waals surface area contributed by atoms with Crippen LogP contribution in [0.2, 0.25) is 5.02 Å². The number of rotatable bonds is 5. The average molecular weight is 478 g/mol. The van der Waals surface area contributed by atoms with Crippen molar-refractivity contribution in [1.29, 1.82) is 0 Å². The summed E-state index contributed by atoms with van der Waals surface area (Å²) in [6, 6.07) is 9.64. The van der Waals surface area contributed by atoms with E-state index in [1.807, 2.05) is 0 Å². The lowest BCUT2D eigenvalue weighted by atomic mass is 10.1. The van der Waals surface area contributed by atoms with E-state index in [1.54, 1.807) is 30.3 Å². The standard InChI is InChI=1S/C21H20ClN3O6S/c1-11(26)23-21-24-25(12(2)27)19(32-21)14-9-16(22)18(17(10-14)30-4)31-20(28)13-6-5-7-15(8-13)29-3/h5-10,19H,1-4H3,(H,23,24,26). The number of methoxy groups -OCH3 is 2. The zero-order chi connectivity index (χ0) is 23.4. The van der Waals surface area contributed by atoms with Gasteiger partial charge in [0.1, 0.15) is 11.1 Å². The van der Waals surface area contributed by atoms with Gasteiger partial charge in [-0.2, -0.15) is 0 Å². The van der Waals surface area contributed by atoms with Crippen LogP contribution in [0.1, 0.15) is 35.1 Å². The smallest absolute Gasteiger partial charge is 0.343 e. The van der Waals surface area contributed by atoms with E-state index in [0.29, 0.717) is 11.3 Å². The number of esters is 1. The van der Waals surface area contributed by atoms with Gasteiger partial charge in [-0.15, -0.1) is 5.10 Å². The minimum absolute atomic E-state index is 0.0334. The summed E-state index contributed by atoms with van der Waals surface area (Å²) in [5, 5.41) is 7.73. The van der Waals surface area contributed by atoms with Gasteiger partial charge in [0.15, 0.2) is 16.7 Å². The van der Waals surface area contributed by atoms with E-state index in [0.717, 1.165) is 11.8 Å². The van der Waals surface area contributed by atoms with Crippen LogP contribution in [0.4, 0.5) is 0 Å². The van der Waals surface area contributed by atoms with Gasteiger partial charge in [0.25, 0.3) is 0 Å². The summed E-state index contributed by atoms with van der Waals surface area (Å²) in [5.41, 5.74) is 0.839. The second-order valence-corrected chi connectivity index (χ2v) is 8.05. The molecule has 3 rings (SSSR count). The molecule has 0 fully saturated rings. The van der Waals surface area contributed by atoms with Gasteiger partial charge in [-0.3, -0.25) is 9.59 Å². The van der Waals surface area contributed by atoms with Crippen LogP contribution >= 0.6 is 23.4 Å². The lowest BCUT2D eigenvalue weighted by Crippen LogP contribution is -2.25. The van der Waals surface area contributed by atoms with Crippen LogP contribution in [0.5, 0.6) is 17.2 Å². The molecule has 2 aromatic rings. The number of amidine groups is 1. The fourth-order valence-corrected chi connectivity index (χ4v) is 4.24. The first-order valence-electron chi connectivity index (χ1n) is 9.29. The molecule has 0 aromatic heterocycles. The third kappa shape index (κ3) is 5.14.